The highest BCUT2D eigenvalue weighted by Gasteiger charge is 2.15. The van der Waals surface area contributed by atoms with Gasteiger partial charge in [0.1, 0.15) is 0 Å². The molecule has 16 heavy (non-hydrogen) atoms. The van der Waals surface area contributed by atoms with Crippen molar-refractivity contribution in [2.75, 3.05) is 18.5 Å². The number of anilines is 1. The van der Waals surface area contributed by atoms with E-state index in [0.717, 1.165) is 0 Å². The summed E-state index contributed by atoms with van der Waals surface area (Å²) in [5, 5.41) is 6.49. The Hall–Kier alpha value is -1.37. The number of nitrogens with one attached hydrogen (secondary N) is 1. The molecule has 0 fully saturated rings. The molecule has 0 radical (unpaired) electrons. The first-order valence-corrected chi connectivity index (χ1v) is 6.43. The number of nitrogens with two attached hydrogens (primary N) is 1. The van der Waals surface area contributed by atoms with Gasteiger partial charge in [-0.2, -0.15) is 5.10 Å². The number of hydrogen-bond donors (Lipinski definition) is 2. The van der Waals surface area contributed by atoms with E-state index in [2.05, 4.69) is 10.4 Å². The van der Waals surface area contributed by atoms with E-state index < -0.39 is 10.8 Å². The minimum Gasteiger partial charge on any atom is -0.396 e. The number of rotatable bonds is 4. The van der Waals surface area contributed by atoms with Crippen LogP contribution in [0, 0.1) is 0 Å². The van der Waals surface area contributed by atoms with Crippen LogP contribution in [0.25, 0.3) is 0 Å². The first-order valence-electron chi connectivity index (χ1n) is 4.81. The Morgan fingerprint density at radius 2 is 2.38 bits per heavy atom. The number of amides is 1. The molecule has 0 aliphatic rings. The summed E-state index contributed by atoms with van der Waals surface area (Å²) in [6.07, 6.45) is 3.17. The molecule has 2 unspecified atom stereocenters. The zero-order valence-electron chi connectivity index (χ0n) is 9.56. The van der Waals surface area contributed by atoms with Gasteiger partial charge in [-0.15, -0.1) is 0 Å². The van der Waals surface area contributed by atoms with E-state index in [1.165, 1.54) is 4.68 Å². The third kappa shape index (κ3) is 3.06. The molecule has 0 aliphatic heterocycles. The van der Waals surface area contributed by atoms with E-state index in [-0.39, 0.29) is 16.9 Å². The predicted molar refractivity (Wildman–Crippen MR) is 63.5 cm³/mol. The molecule has 1 heterocycles. The Kier molecular flexibility index (Phi) is 4.05. The molecule has 1 aromatic heterocycles. The Morgan fingerprint density at radius 3 is 2.81 bits per heavy atom. The van der Waals surface area contributed by atoms with Gasteiger partial charge < -0.3 is 11.1 Å². The van der Waals surface area contributed by atoms with Crippen molar-refractivity contribution >= 4 is 22.4 Å². The number of nitrogen functional groups attached to an aromatic ring is 1. The molecule has 0 bridgehead atoms. The molecule has 1 amide bonds. The Labute approximate surface area is 96.7 Å². The molecule has 3 N–H and O–H groups in total. The van der Waals surface area contributed by atoms with Crippen LogP contribution in [-0.2, 0) is 17.8 Å². The van der Waals surface area contributed by atoms with Crippen molar-refractivity contribution in [3.63, 3.8) is 0 Å². The summed E-state index contributed by atoms with van der Waals surface area (Å²) < 4.78 is 12.6. The van der Waals surface area contributed by atoms with Crippen LogP contribution in [-0.4, -0.2) is 37.9 Å². The SMILES string of the molecule is CC(CNC(=O)c1nn(C)cc1N)S(C)=O. The monoisotopic (exact) mass is 244 g/mol. The fraction of sp³-hybridized carbons (Fsp3) is 0.556. The normalized spacial score (nSPS) is 14.4. The van der Waals surface area contributed by atoms with Crippen LogP contribution in [0.4, 0.5) is 5.69 Å². The predicted octanol–water partition coefficient (Wildman–Crippen LogP) is -0.501. The van der Waals surface area contributed by atoms with Gasteiger partial charge in [0, 0.05) is 42.1 Å². The number of nitrogens with zero attached hydrogens (tertiary/aromatic N) is 2. The Bertz CT molecular complexity index is 416. The molecule has 0 spiro atoms. The lowest BCUT2D eigenvalue weighted by molar-refractivity contribution is 0.0949. The van der Waals surface area contributed by atoms with E-state index in [9.17, 15) is 9.00 Å². The first-order chi connectivity index (χ1) is 7.41. The van der Waals surface area contributed by atoms with Crippen molar-refractivity contribution in [1.29, 1.82) is 0 Å². The highest BCUT2D eigenvalue weighted by molar-refractivity contribution is 7.84. The van der Waals surface area contributed by atoms with Crippen molar-refractivity contribution < 1.29 is 9.00 Å². The number of carbonyl (C=O) groups is 1. The minimum atomic E-state index is -0.955. The van der Waals surface area contributed by atoms with Crippen LogP contribution in [0.2, 0.25) is 0 Å². The number of carbonyl (C=O) groups excluding carboxylic acids is 1. The summed E-state index contributed by atoms with van der Waals surface area (Å²) in [5.41, 5.74) is 6.15. The summed E-state index contributed by atoms with van der Waals surface area (Å²) in [4.78, 5) is 11.6. The molecule has 0 aliphatic carbocycles. The van der Waals surface area contributed by atoms with Gasteiger partial charge in [0.05, 0.1) is 5.69 Å². The van der Waals surface area contributed by atoms with Crippen molar-refractivity contribution in [1.82, 2.24) is 15.1 Å². The van der Waals surface area contributed by atoms with E-state index in [1.54, 1.807) is 26.4 Å². The average Bonchev–Trinajstić information content (AvgIpc) is 2.53. The van der Waals surface area contributed by atoms with Crippen molar-refractivity contribution in [2.24, 2.45) is 7.05 Å². The van der Waals surface area contributed by atoms with Gasteiger partial charge in [-0.25, -0.2) is 0 Å². The van der Waals surface area contributed by atoms with E-state index in [4.69, 9.17) is 5.73 Å². The van der Waals surface area contributed by atoms with Crippen molar-refractivity contribution in [3.05, 3.63) is 11.9 Å². The highest BCUT2D eigenvalue weighted by Crippen LogP contribution is 2.07. The van der Waals surface area contributed by atoms with Crippen LogP contribution < -0.4 is 11.1 Å². The van der Waals surface area contributed by atoms with Crippen LogP contribution in [0.3, 0.4) is 0 Å². The van der Waals surface area contributed by atoms with Crippen molar-refractivity contribution in [2.45, 2.75) is 12.2 Å². The van der Waals surface area contributed by atoms with E-state index in [1.807, 2.05) is 0 Å². The Balaban J connectivity index is 2.60. The van der Waals surface area contributed by atoms with E-state index in [0.29, 0.717) is 12.2 Å². The maximum atomic E-state index is 11.6. The average molecular weight is 244 g/mol. The van der Waals surface area contributed by atoms with Gasteiger partial charge in [0.15, 0.2) is 5.69 Å². The number of aryl methyl sites for hydroxylation is 1. The van der Waals surface area contributed by atoms with Crippen LogP contribution in [0.1, 0.15) is 17.4 Å². The maximum absolute atomic E-state index is 11.6. The highest BCUT2D eigenvalue weighted by atomic mass is 32.2. The maximum Gasteiger partial charge on any atom is 0.273 e. The summed E-state index contributed by atoms with van der Waals surface area (Å²) in [5.74, 6) is -0.338. The molecular weight excluding hydrogens is 228 g/mol. The molecule has 2 atom stereocenters. The smallest absolute Gasteiger partial charge is 0.273 e. The summed E-state index contributed by atoms with van der Waals surface area (Å²) >= 11 is 0. The summed E-state index contributed by atoms with van der Waals surface area (Å²) in [6, 6.07) is 0. The summed E-state index contributed by atoms with van der Waals surface area (Å²) in [7, 11) is 0.736. The third-order valence-electron chi connectivity index (χ3n) is 2.19. The molecule has 0 saturated carbocycles. The van der Waals surface area contributed by atoms with Gasteiger partial charge in [-0.3, -0.25) is 13.7 Å². The first kappa shape index (κ1) is 12.7. The largest absolute Gasteiger partial charge is 0.396 e. The van der Waals surface area contributed by atoms with Crippen LogP contribution in [0.5, 0.6) is 0 Å². The molecule has 90 valence electrons. The zero-order valence-corrected chi connectivity index (χ0v) is 10.4. The lowest BCUT2D eigenvalue weighted by Crippen LogP contribution is -2.33. The third-order valence-corrected chi connectivity index (χ3v) is 3.49. The van der Waals surface area contributed by atoms with Gasteiger partial charge in [-0.05, 0) is 6.92 Å². The van der Waals surface area contributed by atoms with Gasteiger partial charge in [0.25, 0.3) is 5.91 Å². The lowest BCUT2D eigenvalue weighted by atomic mass is 10.3. The van der Waals surface area contributed by atoms with Gasteiger partial charge in [0.2, 0.25) is 0 Å². The molecule has 7 heteroatoms. The molecule has 6 nitrogen and oxygen atoms in total. The molecule has 1 aromatic rings. The van der Waals surface area contributed by atoms with Crippen molar-refractivity contribution in [3.8, 4) is 0 Å². The molecular formula is C9H16N4O2S. The fourth-order valence-corrected chi connectivity index (χ4v) is 1.44. The topological polar surface area (TPSA) is 90.0 Å². The van der Waals surface area contributed by atoms with Gasteiger partial charge in [-0.1, -0.05) is 0 Å². The molecule has 1 rings (SSSR count). The van der Waals surface area contributed by atoms with Crippen LogP contribution >= 0.6 is 0 Å². The molecule has 0 aromatic carbocycles. The zero-order chi connectivity index (χ0) is 12.3. The number of aromatic nitrogens is 2. The van der Waals surface area contributed by atoms with Gasteiger partial charge >= 0.3 is 0 Å². The standard InChI is InChI=1S/C9H16N4O2S/c1-6(16(3)15)4-11-9(14)8-7(10)5-13(2)12-8/h5-6H,4,10H2,1-3H3,(H,11,14). The quantitative estimate of drug-likeness (QED) is 0.747. The number of hydrogen-bond acceptors (Lipinski definition) is 4. The van der Waals surface area contributed by atoms with Crippen LogP contribution in [0.15, 0.2) is 6.20 Å². The van der Waals surface area contributed by atoms with E-state index >= 15 is 0 Å². The Morgan fingerprint density at radius 1 is 1.75 bits per heavy atom. The molecule has 0 saturated heterocycles. The second kappa shape index (κ2) is 5.11. The second-order valence-corrected chi connectivity index (χ2v) is 5.43. The lowest BCUT2D eigenvalue weighted by Gasteiger charge is -2.08. The minimum absolute atomic E-state index is 0.0890. The summed E-state index contributed by atoms with van der Waals surface area (Å²) in [6.45, 7) is 2.15. The second-order valence-electron chi connectivity index (χ2n) is 3.63. The fourth-order valence-electron chi connectivity index (χ4n) is 1.12.